The third kappa shape index (κ3) is 3.79. The summed E-state index contributed by atoms with van der Waals surface area (Å²) in [4.78, 5) is 25.0. The highest BCUT2D eigenvalue weighted by Gasteiger charge is 2.22. The molecule has 0 aliphatic rings. The van der Waals surface area contributed by atoms with E-state index < -0.39 is 11.8 Å². The molecular formula is C22H18N4O4. The van der Waals surface area contributed by atoms with Crippen LogP contribution < -0.4 is 15.6 Å². The Kier molecular flexibility index (Phi) is 5.29. The van der Waals surface area contributed by atoms with Crippen LogP contribution in [0.1, 0.15) is 20.9 Å². The second kappa shape index (κ2) is 8.36. The molecule has 8 nitrogen and oxygen atoms in total. The van der Waals surface area contributed by atoms with Gasteiger partial charge in [0, 0.05) is 11.8 Å². The van der Waals surface area contributed by atoms with Gasteiger partial charge in [-0.1, -0.05) is 30.3 Å². The van der Waals surface area contributed by atoms with Gasteiger partial charge in [-0.2, -0.15) is 5.10 Å². The van der Waals surface area contributed by atoms with Crippen LogP contribution in [0, 0.1) is 0 Å². The predicted octanol–water partition coefficient (Wildman–Crippen LogP) is 3.22. The summed E-state index contributed by atoms with van der Waals surface area (Å²) in [5.41, 5.74) is 6.87. The summed E-state index contributed by atoms with van der Waals surface area (Å²) in [6, 6.07) is 19.7. The van der Waals surface area contributed by atoms with Crippen molar-refractivity contribution in [3.05, 3.63) is 90.5 Å². The lowest BCUT2D eigenvalue weighted by atomic mass is 10.1. The van der Waals surface area contributed by atoms with Gasteiger partial charge in [0.2, 0.25) is 0 Å². The number of hydrogen-bond acceptors (Lipinski definition) is 5. The molecule has 2 amide bonds. The van der Waals surface area contributed by atoms with E-state index in [0.717, 1.165) is 5.69 Å². The minimum atomic E-state index is -0.567. The van der Waals surface area contributed by atoms with Crippen LogP contribution in [-0.2, 0) is 0 Å². The molecule has 0 radical (unpaired) electrons. The average molecular weight is 402 g/mol. The van der Waals surface area contributed by atoms with E-state index >= 15 is 0 Å². The van der Waals surface area contributed by atoms with Crippen LogP contribution in [-0.4, -0.2) is 28.7 Å². The van der Waals surface area contributed by atoms with E-state index in [-0.39, 0.29) is 11.3 Å². The molecule has 4 rings (SSSR count). The molecule has 8 heteroatoms. The Bertz CT molecular complexity index is 1170. The lowest BCUT2D eigenvalue weighted by Gasteiger charge is -2.08. The Labute approximate surface area is 172 Å². The van der Waals surface area contributed by atoms with E-state index in [1.165, 1.54) is 12.3 Å². The van der Waals surface area contributed by atoms with E-state index in [2.05, 4.69) is 16.0 Å². The first-order valence-corrected chi connectivity index (χ1v) is 9.10. The third-order valence-electron chi connectivity index (χ3n) is 4.38. The first-order chi connectivity index (χ1) is 14.7. The Morgan fingerprint density at radius 1 is 0.933 bits per heavy atom. The van der Waals surface area contributed by atoms with Gasteiger partial charge in [0.15, 0.2) is 5.76 Å². The minimum absolute atomic E-state index is 0.0835. The molecule has 2 heterocycles. The minimum Gasteiger partial charge on any atom is -0.496 e. The van der Waals surface area contributed by atoms with Crippen LogP contribution in [0.2, 0.25) is 0 Å². The molecule has 0 fully saturated rings. The molecular weight excluding hydrogens is 384 g/mol. The zero-order chi connectivity index (χ0) is 20.9. The Hall–Kier alpha value is -4.33. The van der Waals surface area contributed by atoms with Gasteiger partial charge < -0.3 is 9.15 Å². The maximum Gasteiger partial charge on any atom is 0.305 e. The van der Waals surface area contributed by atoms with Gasteiger partial charge in [-0.15, -0.1) is 0 Å². The maximum atomic E-state index is 12.9. The highest BCUT2D eigenvalue weighted by atomic mass is 16.5. The number of para-hydroxylation sites is 2. The number of benzene rings is 2. The highest BCUT2D eigenvalue weighted by Crippen LogP contribution is 2.31. The number of methoxy groups -OCH3 is 1. The van der Waals surface area contributed by atoms with Crippen LogP contribution >= 0.6 is 0 Å². The van der Waals surface area contributed by atoms with Gasteiger partial charge in [0.25, 0.3) is 5.91 Å². The standard InChI is InChI=1S/C22H18N4O4/c1-29-18-11-6-5-10-16(18)20-17(14-26(25-20)15-8-3-2-4-9-15)21(27)23-24-22(28)19-12-7-13-30-19/h2-14H,1H3,(H,23,27)(H,24,28). The van der Waals surface area contributed by atoms with E-state index in [4.69, 9.17) is 9.15 Å². The molecule has 0 saturated heterocycles. The van der Waals surface area contributed by atoms with Gasteiger partial charge in [0.05, 0.1) is 24.6 Å². The van der Waals surface area contributed by atoms with Crippen LogP contribution in [0.4, 0.5) is 0 Å². The molecule has 4 aromatic rings. The normalized spacial score (nSPS) is 10.4. The predicted molar refractivity (Wildman–Crippen MR) is 109 cm³/mol. The van der Waals surface area contributed by atoms with Crippen molar-refractivity contribution in [1.29, 1.82) is 0 Å². The number of aromatic nitrogens is 2. The van der Waals surface area contributed by atoms with Gasteiger partial charge in [-0.3, -0.25) is 20.4 Å². The van der Waals surface area contributed by atoms with Crippen LogP contribution in [0.25, 0.3) is 16.9 Å². The smallest absolute Gasteiger partial charge is 0.305 e. The van der Waals surface area contributed by atoms with Crippen molar-refractivity contribution in [2.45, 2.75) is 0 Å². The van der Waals surface area contributed by atoms with Crippen molar-refractivity contribution in [2.75, 3.05) is 7.11 Å². The summed E-state index contributed by atoms with van der Waals surface area (Å²) < 4.78 is 12.1. The third-order valence-corrected chi connectivity index (χ3v) is 4.38. The molecule has 2 aromatic heterocycles. The van der Waals surface area contributed by atoms with Crippen LogP contribution in [0.5, 0.6) is 5.75 Å². The van der Waals surface area contributed by atoms with E-state index in [1.807, 2.05) is 48.5 Å². The number of rotatable bonds is 5. The summed E-state index contributed by atoms with van der Waals surface area (Å²) in [6.07, 6.45) is 2.98. The molecule has 2 aromatic carbocycles. The van der Waals surface area contributed by atoms with E-state index in [1.54, 1.807) is 30.1 Å². The fraction of sp³-hybridized carbons (Fsp3) is 0.0455. The van der Waals surface area contributed by atoms with Gasteiger partial charge in [0.1, 0.15) is 11.4 Å². The van der Waals surface area contributed by atoms with Crippen molar-refractivity contribution in [1.82, 2.24) is 20.6 Å². The number of furan rings is 1. The fourth-order valence-electron chi connectivity index (χ4n) is 2.94. The van der Waals surface area contributed by atoms with Gasteiger partial charge >= 0.3 is 5.91 Å². The molecule has 150 valence electrons. The number of carbonyl (C=O) groups is 2. The Balaban J connectivity index is 1.69. The molecule has 0 aliphatic heterocycles. The van der Waals surface area contributed by atoms with Crippen molar-refractivity contribution in [3.63, 3.8) is 0 Å². The second-order valence-corrected chi connectivity index (χ2v) is 6.26. The topological polar surface area (TPSA) is 98.4 Å². The SMILES string of the molecule is COc1ccccc1-c1nn(-c2ccccc2)cc1C(=O)NNC(=O)c1ccco1. The lowest BCUT2D eigenvalue weighted by Crippen LogP contribution is -2.41. The number of nitrogens with one attached hydrogen (secondary N) is 2. The van der Waals surface area contributed by atoms with Crippen LogP contribution in [0.15, 0.2) is 83.6 Å². The molecule has 0 aliphatic carbocycles. The summed E-state index contributed by atoms with van der Waals surface area (Å²) in [6.45, 7) is 0. The monoisotopic (exact) mass is 402 g/mol. The number of hydrogen-bond donors (Lipinski definition) is 2. The molecule has 0 atom stereocenters. The summed E-state index contributed by atoms with van der Waals surface area (Å²) in [5, 5.41) is 4.60. The number of amides is 2. The number of nitrogens with zero attached hydrogens (tertiary/aromatic N) is 2. The average Bonchev–Trinajstić information content (AvgIpc) is 3.48. The largest absolute Gasteiger partial charge is 0.496 e. The zero-order valence-corrected chi connectivity index (χ0v) is 16.0. The zero-order valence-electron chi connectivity index (χ0n) is 16.0. The molecule has 0 bridgehead atoms. The maximum absolute atomic E-state index is 12.9. The van der Waals surface area contributed by atoms with E-state index in [0.29, 0.717) is 17.0 Å². The summed E-state index contributed by atoms with van der Waals surface area (Å²) in [7, 11) is 1.55. The summed E-state index contributed by atoms with van der Waals surface area (Å²) >= 11 is 0. The highest BCUT2D eigenvalue weighted by molar-refractivity contribution is 6.02. The Morgan fingerprint density at radius 3 is 2.40 bits per heavy atom. The Morgan fingerprint density at radius 2 is 1.67 bits per heavy atom. The van der Waals surface area contributed by atoms with Gasteiger partial charge in [-0.25, -0.2) is 4.68 Å². The number of carbonyl (C=O) groups excluding carboxylic acids is 2. The number of ether oxygens (including phenoxy) is 1. The lowest BCUT2D eigenvalue weighted by molar-refractivity contribution is 0.0831. The van der Waals surface area contributed by atoms with Gasteiger partial charge in [-0.05, 0) is 36.4 Å². The fourth-order valence-corrected chi connectivity index (χ4v) is 2.94. The van der Waals surface area contributed by atoms with Crippen LogP contribution in [0.3, 0.4) is 0 Å². The second-order valence-electron chi connectivity index (χ2n) is 6.26. The van der Waals surface area contributed by atoms with Crippen molar-refractivity contribution >= 4 is 11.8 Å². The number of hydrazine groups is 1. The molecule has 30 heavy (non-hydrogen) atoms. The first-order valence-electron chi connectivity index (χ1n) is 9.10. The van der Waals surface area contributed by atoms with Crippen molar-refractivity contribution < 1.29 is 18.7 Å². The van der Waals surface area contributed by atoms with Crippen molar-refractivity contribution in [3.8, 4) is 22.7 Å². The molecule has 0 spiro atoms. The van der Waals surface area contributed by atoms with Crippen molar-refractivity contribution in [2.24, 2.45) is 0 Å². The molecule has 0 unspecified atom stereocenters. The van der Waals surface area contributed by atoms with E-state index in [9.17, 15) is 9.59 Å². The summed E-state index contributed by atoms with van der Waals surface area (Å²) in [5.74, 6) is -0.439. The first kappa shape index (κ1) is 19.0. The quantitative estimate of drug-likeness (QED) is 0.500. The molecule has 2 N–H and O–H groups in total. The molecule has 0 saturated carbocycles.